The number of halogens is 1. The lowest BCUT2D eigenvalue weighted by atomic mass is 10.1. The minimum Gasteiger partial charge on any atom is -0.449 e. The number of hydrogen-bond acceptors (Lipinski definition) is 3. The Bertz CT molecular complexity index is 1080. The molecule has 0 aliphatic heterocycles. The van der Waals surface area contributed by atoms with Crippen LogP contribution in [0, 0.1) is 6.92 Å². The maximum absolute atomic E-state index is 12.5. The summed E-state index contributed by atoms with van der Waals surface area (Å²) < 4.78 is 12.2. The standard InChI is InChI=1S/C20H13BrO3/c1-12-17-4-2-3-5-18(17)24-19(12)20(22)23-16-9-7-13-10-15(21)8-6-14(13)11-16/h2-11H,1H3. The first-order chi connectivity index (χ1) is 11.6. The number of furan rings is 1. The zero-order valence-electron chi connectivity index (χ0n) is 12.9. The van der Waals surface area contributed by atoms with Crippen molar-refractivity contribution in [2.45, 2.75) is 6.92 Å². The lowest BCUT2D eigenvalue weighted by Gasteiger charge is -2.05. The summed E-state index contributed by atoms with van der Waals surface area (Å²) in [6.07, 6.45) is 0. The van der Waals surface area contributed by atoms with E-state index in [-0.39, 0.29) is 5.76 Å². The summed E-state index contributed by atoms with van der Waals surface area (Å²) in [6, 6.07) is 19.1. The van der Waals surface area contributed by atoms with E-state index in [4.69, 9.17) is 9.15 Å². The average molecular weight is 381 g/mol. The van der Waals surface area contributed by atoms with Gasteiger partial charge in [-0.25, -0.2) is 4.79 Å². The zero-order valence-corrected chi connectivity index (χ0v) is 14.5. The van der Waals surface area contributed by atoms with Gasteiger partial charge in [0.2, 0.25) is 5.76 Å². The van der Waals surface area contributed by atoms with E-state index < -0.39 is 5.97 Å². The molecule has 0 saturated carbocycles. The Morgan fingerprint density at radius 2 is 1.75 bits per heavy atom. The highest BCUT2D eigenvalue weighted by molar-refractivity contribution is 9.10. The fraction of sp³-hybridized carbons (Fsp3) is 0.0500. The highest BCUT2D eigenvalue weighted by atomic mass is 79.9. The normalized spacial score (nSPS) is 11.1. The third kappa shape index (κ3) is 2.59. The lowest BCUT2D eigenvalue weighted by molar-refractivity contribution is 0.0703. The SMILES string of the molecule is Cc1c(C(=O)Oc2ccc3cc(Br)ccc3c2)oc2ccccc12. The van der Waals surface area contributed by atoms with Gasteiger partial charge in [0.1, 0.15) is 11.3 Å². The summed E-state index contributed by atoms with van der Waals surface area (Å²) in [5.41, 5.74) is 1.48. The van der Waals surface area contributed by atoms with Crippen molar-refractivity contribution in [2.24, 2.45) is 0 Å². The largest absolute Gasteiger partial charge is 0.449 e. The molecule has 1 aromatic heterocycles. The first-order valence-electron chi connectivity index (χ1n) is 7.51. The molecule has 0 spiro atoms. The van der Waals surface area contributed by atoms with E-state index in [0.29, 0.717) is 11.3 Å². The van der Waals surface area contributed by atoms with Crippen LogP contribution in [0.1, 0.15) is 16.1 Å². The third-order valence-electron chi connectivity index (χ3n) is 4.01. The van der Waals surface area contributed by atoms with Gasteiger partial charge < -0.3 is 9.15 Å². The molecule has 4 aromatic rings. The molecular formula is C20H13BrO3. The summed E-state index contributed by atoms with van der Waals surface area (Å²) in [5.74, 6) is 0.252. The van der Waals surface area contributed by atoms with Gasteiger partial charge in [0.05, 0.1) is 0 Å². The molecule has 0 aliphatic carbocycles. The number of carbonyl (C=O) groups excluding carboxylic acids is 1. The number of hydrogen-bond donors (Lipinski definition) is 0. The van der Waals surface area contributed by atoms with Crippen LogP contribution >= 0.6 is 15.9 Å². The van der Waals surface area contributed by atoms with Gasteiger partial charge in [-0.1, -0.05) is 46.3 Å². The molecule has 24 heavy (non-hydrogen) atoms. The first-order valence-corrected chi connectivity index (χ1v) is 8.31. The molecule has 3 nitrogen and oxygen atoms in total. The summed E-state index contributed by atoms with van der Waals surface area (Å²) in [5, 5.41) is 3.00. The third-order valence-corrected chi connectivity index (χ3v) is 4.51. The second-order valence-electron chi connectivity index (χ2n) is 5.60. The molecular weight excluding hydrogens is 368 g/mol. The zero-order chi connectivity index (χ0) is 16.7. The maximum Gasteiger partial charge on any atom is 0.379 e. The van der Waals surface area contributed by atoms with Crippen molar-refractivity contribution in [3.63, 3.8) is 0 Å². The molecule has 0 fully saturated rings. The summed E-state index contributed by atoms with van der Waals surface area (Å²) in [7, 11) is 0. The van der Waals surface area contributed by atoms with Crippen molar-refractivity contribution < 1.29 is 13.9 Å². The van der Waals surface area contributed by atoms with Crippen LogP contribution in [0.3, 0.4) is 0 Å². The van der Waals surface area contributed by atoms with E-state index >= 15 is 0 Å². The van der Waals surface area contributed by atoms with Gasteiger partial charge in [0, 0.05) is 15.4 Å². The Morgan fingerprint density at radius 3 is 2.58 bits per heavy atom. The Kier molecular flexibility index (Phi) is 3.62. The van der Waals surface area contributed by atoms with E-state index in [1.165, 1.54) is 0 Å². The molecule has 4 rings (SSSR count). The van der Waals surface area contributed by atoms with Crippen molar-refractivity contribution in [3.05, 3.63) is 76.5 Å². The number of esters is 1. The Labute approximate surface area is 147 Å². The number of rotatable bonds is 2. The van der Waals surface area contributed by atoms with Crippen LogP contribution in [0.15, 0.2) is 69.6 Å². The van der Waals surface area contributed by atoms with Gasteiger partial charge >= 0.3 is 5.97 Å². The van der Waals surface area contributed by atoms with Crippen molar-refractivity contribution in [1.82, 2.24) is 0 Å². The van der Waals surface area contributed by atoms with Gasteiger partial charge in [0.25, 0.3) is 0 Å². The first kappa shape index (κ1) is 15.0. The Balaban J connectivity index is 1.67. The number of fused-ring (bicyclic) bond motifs is 2. The number of para-hydroxylation sites is 1. The molecule has 118 valence electrons. The molecule has 0 unspecified atom stereocenters. The molecule has 0 radical (unpaired) electrons. The molecule has 0 N–H and O–H groups in total. The van der Waals surface area contributed by atoms with Crippen LogP contribution in [-0.2, 0) is 0 Å². The van der Waals surface area contributed by atoms with Crippen LogP contribution < -0.4 is 4.74 Å². The van der Waals surface area contributed by atoms with Gasteiger partial charge in [0.15, 0.2) is 0 Å². The van der Waals surface area contributed by atoms with E-state index in [9.17, 15) is 4.79 Å². The maximum atomic E-state index is 12.5. The predicted molar refractivity (Wildman–Crippen MR) is 97.6 cm³/mol. The number of aryl methyl sites for hydroxylation is 1. The second-order valence-corrected chi connectivity index (χ2v) is 6.51. The fourth-order valence-electron chi connectivity index (χ4n) is 2.78. The highest BCUT2D eigenvalue weighted by Crippen LogP contribution is 2.28. The highest BCUT2D eigenvalue weighted by Gasteiger charge is 2.19. The van der Waals surface area contributed by atoms with Crippen molar-refractivity contribution in [2.75, 3.05) is 0 Å². The monoisotopic (exact) mass is 380 g/mol. The Morgan fingerprint density at radius 1 is 1.00 bits per heavy atom. The number of benzene rings is 3. The van der Waals surface area contributed by atoms with Gasteiger partial charge in [-0.15, -0.1) is 0 Å². The topological polar surface area (TPSA) is 39.4 Å². The Hall–Kier alpha value is -2.59. The summed E-state index contributed by atoms with van der Waals surface area (Å²) in [4.78, 5) is 12.5. The summed E-state index contributed by atoms with van der Waals surface area (Å²) in [6.45, 7) is 1.86. The van der Waals surface area contributed by atoms with Gasteiger partial charge in [-0.3, -0.25) is 0 Å². The van der Waals surface area contributed by atoms with E-state index in [0.717, 1.165) is 26.2 Å². The van der Waals surface area contributed by atoms with E-state index in [2.05, 4.69) is 15.9 Å². The van der Waals surface area contributed by atoms with E-state index in [1.807, 2.05) is 61.5 Å². The van der Waals surface area contributed by atoms with Gasteiger partial charge in [-0.2, -0.15) is 0 Å². The number of ether oxygens (including phenoxy) is 1. The number of carbonyl (C=O) groups is 1. The molecule has 0 atom stereocenters. The molecule has 1 heterocycles. The van der Waals surface area contributed by atoms with Crippen molar-refractivity contribution in [1.29, 1.82) is 0 Å². The molecule has 0 saturated heterocycles. The molecule has 0 amide bonds. The molecule has 0 aliphatic rings. The minimum absolute atomic E-state index is 0.243. The van der Waals surface area contributed by atoms with Crippen LogP contribution in [0.2, 0.25) is 0 Å². The molecule has 4 heteroatoms. The minimum atomic E-state index is -0.486. The smallest absolute Gasteiger partial charge is 0.379 e. The van der Waals surface area contributed by atoms with Crippen molar-refractivity contribution in [3.8, 4) is 5.75 Å². The second kappa shape index (κ2) is 5.80. The molecule has 0 bridgehead atoms. The van der Waals surface area contributed by atoms with Crippen LogP contribution in [0.4, 0.5) is 0 Å². The quantitative estimate of drug-likeness (QED) is 0.322. The van der Waals surface area contributed by atoms with Gasteiger partial charge in [-0.05, 0) is 48.0 Å². The van der Waals surface area contributed by atoms with Crippen LogP contribution in [-0.4, -0.2) is 5.97 Å². The van der Waals surface area contributed by atoms with Crippen molar-refractivity contribution >= 4 is 43.6 Å². The fourth-order valence-corrected chi connectivity index (χ4v) is 3.16. The lowest BCUT2D eigenvalue weighted by Crippen LogP contribution is -2.08. The van der Waals surface area contributed by atoms with Crippen LogP contribution in [0.5, 0.6) is 5.75 Å². The predicted octanol–water partition coefficient (Wildman–Crippen LogP) is 5.88. The van der Waals surface area contributed by atoms with E-state index in [1.54, 1.807) is 6.07 Å². The molecule has 3 aromatic carbocycles. The van der Waals surface area contributed by atoms with Crippen LogP contribution in [0.25, 0.3) is 21.7 Å². The average Bonchev–Trinajstić information content (AvgIpc) is 2.92. The summed E-state index contributed by atoms with van der Waals surface area (Å²) >= 11 is 3.45.